The van der Waals surface area contributed by atoms with E-state index in [1.54, 1.807) is 23.9 Å². The SMILES string of the molecule is O=C(NCCSCc1ccccc1F)c1ccc[nH+]c1N1CCCC1. The number of carbonyl (C=O) groups is 1. The van der Waals surface area contributed by atoms with Crippen molar-refractivity contribution in [3.05, 3.63) is 59.5 Å². The summed E-state index contributed by atoms with van der Waals surface area (Å²) in [5.74, 6) is 2.02. The highest BCUT2D eigenvalue weighted by Gasteiger charge is 2.26. The fourth-order valence-electron chi connectivity index (χ4n) is 2.94. The predicted octanol–water partition coefficient (Wildman–Crippen LogP) is 2.90. The molecule has 1 saturated heterocycles. The zero-order valence-corrected chi connectivity index (χ0v) is 14.9. The van der Waals surface area contributed by atoms with Gasteiger partial charge in [0.25, 0.3) is 11.7 Å². The highest BCUT2D eigenvalue weighted by atomic mass is 32.2. The zero-order chi connectivity index (χ0) is 17.5. The van der Waals surface area contributed by atoms with Crippen LogP contribution in [0, 0.1) is 5.82 Å². The molecule has 25 heavy (non-hydrogen) atoms. The lowest BCUT2D eigenvalue weighted by atomic mass is 10.2. The molecule has 0 radical (unpaired) electrons. The Labute approximate surface area is 151 Å². The van der Waals surface area contributed by atoms with Crippen LogP contribution >= 0.6 is 11.8 Å². The van der Waals surface area contributed by atoms with Crippen LogP contribution in [-0.4, -0.2) is 31.3 Å². The molecule has 4 nitrogen and oxygen atoms in total. The van der Waals surface area contributed by atoms with Crippen molar-refractivity contribution < 1.29 is 14.2 Å². The first-order valence-electron chi connectivity index (χ1n) is 8.60. The van der Waals surface area contributed by atoms with Gasteiger partial charge in [0.05, 0.1) is 19.3 Å². The average Bonchev–Trinajstić information content (AvgIpc) is 3.17. The van der Waals surface area contributed by atoms with E-state index in [-0.39, 0.29) is 11.7 Å². The van der Waals surface area contributed by atoms with Gasteiger partial charge in [-0.2, -0.15) is 11.8 Å². The molecule has 0 aliphatic carbocycles. The van der Waals surface area contributed by atoms with Crippen LogP contribution < -0.4 is 15.2 Å². The number of aromatic nitrogens is 1. The number of rotatable bonds is 7. The number of nitrogens with one attached hydrogen (secondary N) is 2. The molecule has 2 N–H and O–H groups in total. The molecule has 1 aliphatic rings. The summed E-state index contributed by atoms with van der Waals surface area (Å²) >= 11 is 1.61. The van der Waals surface area contributed by atoms with Gasteiger partial charge in [-0.1, -0.05) is 18.2 Å². The number of amides is 1. The summed E-state index contributed by atoms with van der Waals surface area (Å²) in [6, 6.07) is 10.5. The first kappa shape index (κ1) is 17.7. The number of hydrogen-bond donors (Lipinski definition) is 1. The van der Waals surface area contributed by atoms with Gasteiger partial charge in [0.2, 0.25) is 0 Å². The van der Waals surface area contributed by atoms with Crippen LogP contribution in [0.15, 0.2) is 42.6 Å². The van der Waals surface area contributed by atoms with Gasteiger partial charge in [0, 0.05) is 18.1 Å². The maximum Gasteiger partial charge on any atom is 0.287 e. The molecule has 6 heteroatoms. The molecular weight excluding hydrogens is 337 g/mol. The number of pyridine rings is 1. The molecule has 1 aromatic carbocycles. The Hall–Kier alpha value is -2.08. The number of halogens is 1. The lowest BCUT2D eigenvalue weighted by Gasteiger charge is -2.12. The normalized spacial score (nSPS) is 13.9. The Balaban J connectivity index is 1.47. The van der Waals surface area contributed by atoms with Crippen LogP contribution in [0.2, 0.25) is 0 Å². The van der Waals surface area contributed by atoms with Gasteiger partial charge in [-0.15, -0.1) is 0 Å². The molecule has 1 aliphatic heterocycles. The van der Waals surface area contributed by atoms with Crippen LogP contribution in [0.1, 0.15) is 28.8 Å². The van der Waals surface area contributed by atoms with Gasteiger partial charge in [0.1, 0.15) is 11.4 Å². The van der Waals surface area contributed by atoms with Crippen LogP contribution in [0.3, 0.4) is 0 Å². The van der Waals surface area contributed by atoms with Crippen LogP contribution in [0.4, 0.5) is 10.2 Å². The summed E-state index contributed by atoms with van der Waals surface area (Å²) in [5, 5.41) is 2.96. The Morgan fingerprint density at radius 3 is 2.80 bits per heavy atom. The van der Waals surface area contributed by atoms with Gasteiger partial charge >= 0.3 is 0 Å². The summed E-state index contributed by atoms with van der Waals surface area (Å²) in [7, 11) is 0. The van der Waals surface area contributed by atoms with Crippen molar-refractivity contribution in [2.45, 2.75) is 18.6 Å². The highest BCUT2D eigenvalue weighted by Crippen LogP contribution is 2.19. The molecule has 0 bridgehead atoms. The van der Waals surface area contributed by atoms with Gasteiger partial charge in [-0.3, -0.25) is 9.69 Å². The summed E-state index contributed by atoms with van der Waals surface area (Å²) in [4.78, 5) is 17.9. The quantitative estimate of drug-likeness (QED) is 0.773. The number of thioether (sulfide) groups is 1. The van der Waals surface area contributed by atoms with Crippen LogP contribution in [-0.2, 0) is 5.75 Å². The average molecular weight is 360 g/mol. The minimum absolute atomic E-state index is 0.0646. The smallest absolute Gasteiger partial charge is 0.287 e. The summed E-state index contributed by atoms with van der Waals surface area (Å²) in [5.41, 5.74) is 1.39. The fourth-order valence-corrected chi connectivity index (χ4v) is 3.79. The Bertz CT molecular complexity index is 719. The molecule has 2 aromatic rings. The lowest BCUT2D eigenvalue weighted by molar-refractivity contribution is -0.364. The number of carbonyl (C=O) groups excluding carboxylic acids is 1. The highest BCUT2D eigenvalue weighted by molar-refractivity contribution is 7.98. The van der Waals surface area contributed by atoms with Crippen molar-refractivity contribution in [1.82, 2.24) is 5.32 Å². The third-order valence-corrected chi connectivity index (χ3v) is 5.26. The molecule has 1 amide bonds. The largest absolute Gasteiger partial charge is 0.351 e. The second-order valence-corrected chi connectivity index (χ2v) is 7.13. The van der Waals surface area contributed by atoms with Gasteiger partial charge in [0.15, 0.2) is 0 Å². The number of anilines is 1. The first-order valence-corrected chi connectivity index (χ1v) is 9.76. The van der Waals surface area contributed by atoms with E-state index in [1.165, 1.54) is 6.07 Å². The van der Waals surface area contributed by atoms with E-state index >= 15 is 0 Å². The van der Waals surface area contributed by atoms with E-state index < -0.39 is 0 Å². The molecule has 0 atom stereocenters. The number of nitrogens with zero attached hydrogens (tertiary/aromatic N) is 1. The molecule has 132 valence electrons. The van der Waals surface area contributed by atoms with Crippen molar-refractivity contribution in [3.8, 4) is 0 Å². The monoisotopic (exact) mass is 360 g/mol. The molecule has 2 heterocycles. The zero-order valence-electron chi connectivity index (χ0n) is 14.1. The third kappa shape index (κ3) is 4.72. The topological polar surface area (TPSA) is 46.5 Å². The second-order valence-electron chi connectivity index (χ2n) is 6.03. The third-order valence-electron chi connectivity index (χ3n) is 4.25. The Kier molecular flexibility index (Phi) is 6.28. The van der Waals surface area contributed by atoms with E-state index in [4.69, 9.17) is 0 Å². The number of hydrogen-bond acceptors (Lipinski definition) is 3. The number of benzene rings is 1. The molecule has 0 spiro atoms. The lowest BCUT2D eigenvalue weighted by Crippen LogP contribution is -2.33. The van der Waals surface area contributed by atoms with Crippen molar-refractivity contribution in [2.24, 2.45) is 0 Å². The standard InChI is InChI=1S/C19H22FN3OS/c20-17-8-2-1-6-15(17)14-25-13-10-22-19(24)16-7-5-9-21-18(16)23-11-3-4-12-23/h1-2,5-9H,3-4,10-14H2,(H,22,24)/p+1. The molecule has 0 saturated carbocycles. The van der Waals surface area contributed by atoms with Gasteiger partial charge in [-0.25, -0.2) is 9.37 Å². The molecule has 3 rings (SSSR count). The van der Waals surface area contributed by atoms with Gasteiger partial charge in [-0.05, 0) is 36.6 Å². The summed E-state index contributed by atoms with van der Waals surface area (Å²) in [6.45, 7) is 2.53. The fraction of sp³-hybridized carbons (Fsp3) is 0.368. The van der Waals surface area contributed by atoms with E-state index in [9.17, 15) is 9.18 Å². The van der Waals surface area contributed by atoms with E-state index in [0.29, 0.717) is 23.4 Å². The van der Waals surface area contributed by atoms with E-state index in [1.807, 2.05) is 24.4 Å². The molecule has 1 fully saturated rings. The van der Waals surface area contributed by atoms with Crippen LogP contribution in [0.5, 0.6) is 0 Å². The van der Waals surface area contributed by atoms with Gasteiger partial charge < -0.3 is 5.32 Å². The summed E-state index contributed by atoms with van der Waals surface area (Å²) in [6.07, 6.45) is 4.18. The number of H-pyrrole nitrogens is 1. The molecule has 0 unspecified atom stereocenters. The van der Waals surface area contributed by atoms with Crippen LogP contribution in [0.25, 0.3) is 0 Å². The Morgan fingerprint density at radius 2 is 2.00 bits per heavy atom. The van der Waals surface area contributed by atoms with Crippen molar-refractivity contribution in [3.63, 3.8) is 0 Å². The Morgan fingerprint density at radius 1 is 1.20 bits per heavy atom. The van der Waals surface area contributed by atoms with E-state index in [0.717, 1.165) is 37.5 Å². The second kappa shape index (κ2) is 8.85. The molecular formula is C19H23FN3OS+. The minimum atomic E-state index is -0.172. The van der Waals surface area contributed by atoms with Crippen molar-refractivity contribution >= 4 is 23.5 Å². The van der Waals surface area contributed by atoms with Crippen molar-refractivity contribution in [1.29, 1.82) is 0 Å². The minimum Gasteiger partial charge on any atom is -0.351 e. The molecule has 1 aromatic heterocycles. The maximum absolute atomic E-state index is 13.5. The maximum atomic E-state index is 13.5. The predicted molar refractivity (Wildman–Crippen MR) is 99.3 cm³/mol. The first-order chi connectivity index (χ1) is 12.3. The number of aromatic amines is 1. The van der Waals surface area contributed by atoms with Crippen molar-refractivity contribution in [2.75, 3.05) is 30.3 Å². The summed E-state index contributed by atoms with van der Waals surface area (Å²) < 4.78 is 13.5. The van der Waals surface area contributed by atoms with E-state index in [2.05, 4.69) is 15.2 Å².